The van der Waals surface area contributed by atoms with Gasteiger partial charge in [0.2, 0.25) is 20.0 Å². The molecule has 0 saturated carbocycles. The van der Waals surface area contributed by atoms with Gasteiger partial charge in [0.25, 0.3) is 0 Å². The molecule has 0 fully saturated rings. The van der Waals surface area contributed by atoms with E-state index in [1.54, 1.807) is 0 Å². The maximum absolute atomic E-state index is 11.1. The van der Waals surface area contributed by atoms with Crippen LogP contribution in [0.2, 0.25) is 0 Å². The van der Waals surface area contributed by atoms with Crippen molar-refractivity contribution in [2.24, 2.45) is 10.3 Å². The van der Waals surface area contributed by atoms with E-state index in [0.717, 1.165) is 11.3 Å². The van der Waals surface area contributed by atoms with Crippen molar-refractivity contribution in [2.45, 2.75) is 5.25 Å². The molecule has 0 aromatic carbocycles. The lowest BCUT2D eigenvalue weighted by Crippen LogP contribution is -2.30. The molecule has 0 spiro atoms. The summed E-state index contributed by atoms with van der Waals surface area (Å²) in [4.78, 5) is 3.71. The van der Waals surface area contributed by atoms with Gasteiger partial charge in [0.1, 0.15) is 10.3 Å². The van der Waals surface area contributed by atoms with Crippen LogP contribution in [0.4, 0.5) is 0 Å². The van der Waals surface area contributed by atoms with E-state index in [2.05, 4.69) is 4.98 Å². The van der Waals surface area contributed by atoms with Crippen LogP contribution < -0.4 is 10.3 Å². The SMILES string of the molecule is NS(=O)(=O)CC(c1nccs1)S(N)(=O)=O. The summed E-state index contributed by atoms with van der Waals surface area (Å²) in [5.41, 5.74) is 0. The van der Waals surface area contributed by atoms with Crippen molar-refractivity contribution >= 4 is 31.4 Å². The maximum Gasteiger partial charge on any atom is 0.219 e. The summed E-state index contributed by atoms with van der Waals surface area (Å²) < 4.78 is 43.9. The minimum Gasteiger partial charge on any atom is -0.248 e. The highest BCUT2D eigenvalue weighted by Gasteiger charge is 2.30. The molecule has 0 bridgehead atoms. The van der Waals surface area contributed by atoms with Gasteiger partial charge in [0, 0.05) is 11.6 Å². The van der Waals surface area contributed by atoms with Gasteiger partial charge in [-0.15, -0.1) is 11.3 Å². The Balaban J connectivity index is 3.12. The molecular formula is C5H9N3O4S3. The Labute approximate surface area is 91.2 Å². The van der Waals surface area contributed by atoms with Crippen LogP contribution in [0, 0.1) is 0 Å². The third-order valence-corrected chi connectivity index (χ3v) is 4.74. The van der Waals surface area contributed by atoms with E-state index in [1.807, 2.05) is 0 Å². The largest absolute Gasteiger partial charge is 0.248 e. The van der Waals surface area contributed by atoms with Crippen molar-refractivity contribution in [3.05, 3.63) is 16.6 Å². The van der Waals surface area contributed by atoms with Crippen LogP contribution in [0.15, 0.2) is 11.6 Å². The fourth-order valence-electron chi connectivity index (χ4n) is 0.911. The minimum atomic E-state index is -4.03. The molecular weight excluding hydrogens is 262 g/mol. The predicted molar refractivity (Wildman–Crippen MR) is 55.9 cm³/mol. The number of sulfonamides is 2. The molecule has 1 rings (SSSR count). The molecule has 1 aromatic heterocycles. The van der Waals surface area contributed by atoms with Crippen LogP contribution in [-0.4, -0.2) is 27.6 Å². The molecule has 0 radical (unpaired) electrons. The molecule has 0 aliphatic rings. The maximum atomic E-state index is 11.1. The highest BCUT2D eigenvalue weighted by Crippen LogP contribution is 2.23. The van der Waals surface area contributed by atoms with E-state index in [9.17, 15) is 16.8 Å². The number of hydrogen-bond donors (Lipinski definition) is 2. The Hall–Kier alpha value is -0.550. The molecule has 4 N–H and O–H groups in total. The van der Waals surface area contributed by atoms with Crippen molar-refractivity contribution in [3.8, 4) is 0 Å². The topological polar surface area (TPSA) is 133 Å². The van der Waals surface area contributed by atoms with Gasteiger partial charge in [-0.05, 0) is 0 Å². The van der Waals surface area contributed by atoms with Gasteiger partial charge in [-0.3, -0.25) is 0 Å². The Kier molecular flexibility index (Phi) is 3.45. The van der Waals surface area contributed by atoms with Crippen molar-refractivity contribution in [1.82, 2.24) is 4.98 Å². The van der Waals surface area contributed by atoms with Gasteiger partial charge >= 0.3 is 0 Å². The summed E-state index contributed by atoms with van der Waals surface area (Å²) in [6, 6.07) is 0. The number of hydrogen-bond acceptors (Lipinski definition) is 6. The molecule has 1 unspecified atom stereocenters. The molecule has 1 atom stereocenters. The number of thiazole rings is 1. The van der Waals surface area contributed by atoms with Crippen LogP contribution in [-0.2, 0) is 20.0 Å². The van der Waals surface area contributed by atoms with Crippen molar-refractivity contribution in [2.75, 3.05) is 5.75 Å². The first-order valence-electron chi connectivity index (χ1n) is 3.61. The zero-order chi connectivity index (χ0) is 11.7. The van der Waals surface area contributed by atoms with E-state index in [4.69, 9.17) is 10.3 Å². The van der Waals surface area contributed by atoms with Gasteiger partial charge in [-0.25, -0.2) is 32.1 Å². The third kappa shape index (κ3) is 3.83. The second kappa shape index (κ2) is 4.14. The van der Waals surface area contributed by atoms with E-state index >= 15 is 0 Å². The minimum absolute atomic E-state index is 0.117. The molecule has 0 aliphatic carbocycles. The summed E-state index contributed by atoms with van der Waals surface area (Å²) in [5.74, 6) is -0.765. The second-order valence-electron chi connectivity index (χ2n) is 2.78. The number of primary sulfonamides is 2. The first-order chi connectivity index (χ1) is 6.70. The van der Waals surface area contributed by atoms with Gasteiger partial charge in [-0.2, -0.15) is 0 Å². The van der Waals surface area contributed by atoms with Crippen LogP contribution in [0.1, 0.15) is 10.3 Å². The average molecular weight is 271 g/mol. The molecule has 0 saturated heterocycles. The van der Waals surface area contributed by atoms with Crippen molar-refractivity contribution < 1.29 is 16.8 Å². The molecule has 7 nitrogen and oxygen atoms in total. The quantitative estimate of drug-likeness (QED) is 0.706. The molecule has 10 heteroatoms. The van der Waals surface area contributed by atoms with Gasteiger partial charge in [0.05, 0.1) is 5.75 Å². The normalized spacial score (nSPS) is 15.1. The smallest absolute Gasteiger partial charge is 0.219 e. The van der Waals surface area contributed by atoms with Crippen molar-refractivity contribution in [3.63, 3.8) is 0 Å². The molecule has 15 heavy (non-hydrogen) atoms. The van der Waals surface area contributed by atoms with Crippen LogP contribution in [0.25, 0.3) is 0 Å². The van der Waals surface area contributed by atoms with Crippen molar-refractivity contribution in [1.29, 1.82) is 0 Å². The Morgan fingerprint density at radius 2 is 1.93 bits per heavy atom. The summed E-state index contributed by atoms with van der Waals surface area (Å²) in [5, 5.41) is 9.91. The zero-order valence-corrected chi connectivity index (χ0v) is 9.85. The highest BCUT2D eigenvalue weighted by molar-refractivity contribution is 7.93. The number of nitrogens with two attached hydrogens (primary N) is 2. The summed E-state index contributed by atoms with van der Waals surface area (Å²) >= 11 is 1.01. The van der Waals surface area contributed by atoms with Crippen LogP contribution in [0.3, 0.4) is 0 Å². The third-order valence-electron chi connectivity index (χ3n) is 1.51. The molecule has 86 valence electrons. The molecule has 1 aromatic rings. The van der Waals surface area contributed by atoms with Crippen LogP contribution >= 0.6 is 11.3 Å². The average Bonchev–Trinajstić information content (AvgIpc) is 2.47. The number of rotatable bonds is 4. The molecule has 0 amide bonds. The lowest BCUT2D eigenvalue weighted by molar-refractivity contribution is 0.577. The first kappa shape index (κ1) is 12.5. The summed E-state index contributed by atoms with van der Waals surface area (Å²) in [7, 11) is -7.96. The van der Waals surface area contributed by atoms with Gasteiger partial charge in [0.15, 0.2) is 0 Å². The molecule has 0 aliphatic heterocycles. The fourth-order valence-corrected chi connectivity index (χ4v) is 4.45. The fraction of sp³-hybridized carbons (Fsp3) is 0.400. The summed E-state index contributed by atoms with van der Waals surface area (Å²) in [6.07, 6.45) is 1.36. The Morgan fingerprint density at radius 3 is 2.27 bits per heavy atom. The van der Waals surface area contributed by atoms with Crippen LogP contribution in [0.5, 0.6) is 0 Å². The molecule has 1 heterocycles. The van der Waals surface area contributed by atoms with Gasteiger partial charge < -0.3 is 0 Å². The second-order valence-corrected chi connectivity index (χ2v) is 7.11. The highest BCUT2D eigenvalue weighted by atomic mass is 32.2. The van der Waals surface area contributed by atoms with Gasteiger partial charge in [-0.1, -0.05) is 0 Å². The van der Waals surface area contributed by atoms with E-state index in [1.165, 1.54) is 11.6 Å². The standard InChI is InChI=1S/C5H9N3O4S3/c6-14(9,10)3-4(15(7,11)12)5-8-1-2-13-5/h1-2,4H,3H2,(H2,6,9,10)(H2,7,11,12). The summed E-state index contributed by atoms with van der Waals surface area (Å²) in [6.45, 7) is 0. The van der Waals surface area contributed by atoms with E-state index < -0.39 is 31.0 Å². The predicted octanol–water partition coefficient (Wildman–Crippen LogP) is -1.24. The lowest BCUT2D eigenvalue weighted by atomic mass is 10.5. The number of aromatic nitrogens is 1. The Bertz CT molecular complexity index is 518. The van der Waals surface area contributed by atoms with E-state index in [-0.39, 0.29) is 5.01 Å². The Morgan fingerprint density at radius 1 is 1.33 bits per heavy atom. The zero-order valence-electron chi connectivity index (χ0n) is 7.40. The number of nitrogens with zero attached hydrogens (tertiary/aromatic N) is 1. The lowest BCUT2D eigenvalue weighted by Gasteiger charge is -2.09. The van der Waals surface area contributed by atoms with E-state index in [0.29, 0.717) is 0 Å². The monoisotopic (exact) mass is 271 g/mol. The first-order valence-corrected chi connectivity index (χ1v) is 7.82.